The predicted octanol–water partition coefficient (Wildman–Crippen LogP) is 4.09. The summed E-state index contributed by atoms with van der Waals surface area (Å²) in [7, 11) is 0. The second kappa shape index (κ2) is 7.88. The molecule has 0 spiro atoms. The lowest BCUT2D eigenvalue weighted by Crippen LogP contribution is -2.42. The number of benzene rings is 2. The molecule has 2 aromatic rings. The van der Waals surface area contributed by atoms with Gasteiger partial charge >= 0.3 is 0 Å². The number of carbonyl (C=O) groups excluding carboxylic acids is 1. The molecule has 0 aromatic heterocycles. The summed E-state index contributed by atoms with van der Waals surface area (Å²) < 4.78 is 0. The van der Waals surface area contributed by atoms with Crippen LogP contribution in [0.1, 0.15) is 32.4 Å². The van der Waals surface area contributed by atoms with Crippen LogP contribution in [0.3, 0.4) is 0 Å². The largest absolute Gasteiger partial charge is 0.383 e. The van der Waals surface area contributed by atoms with Crippen molar-refractivity contribution in [1.82, 2.24) is 9.80 Å². The van der Waals surface area contributed by atoms with E-state index in [9.17, 15) is 10.1 Å². The van der Waals surface area contributed by atoms with E-state index in [-0.39, 0.29) is 5.91 Å². The minimum atomic E-state index is -0.449. The van der Waals surface area contributed by atoms with E-state index in [0.29, 0.717) is 40.3 Å². The van der Waals surface area contributed by atoms with Crippen LogP contribution in [0.5, 0.6) is 0 Å². The summed E-state index contributed by atoms with van der Waals surface area (Å²) in [5.74, 6) is 0.290. The van der Waals surface area contributed by atoms with Crippen LogP contribution in [-0.2, 0) is 4.79 Å². The highest BCUT2D eigenvalue weighted by atomic mass is 32.2. The van der Waals surface area contributed by atoms with Crippen molar-refractivity contribution in [3.63, 3.8) is 0 Å². The van der Waals surface area contributed by atoms with E-state index >= 15 is 0 Å². The highest BCUT2D eigenvalue weighted by Crippen LogP contribution is 2.46. The van der Waals surface area contributed by atoms with Gasteiger partial charge in [-0.05, 0) is 48.9 Å². The number of amides is 1. The van der Waals surface area contributed by atoms with Crippen molar-refractivity contribution in [2.24, 2.45) is 10.7 Å². The van der Waals surface area contributed by atoms with Gasteiger partial charge in [-0.1, -0.05) is 42.5 Å². The summed E-state index contributed by atoms with van der Waals surface area (Å²) in [5, 5.41) is 12.3. The number of rotatable bonds is 4. The minimum Gasteiger partial charge on any atom is -0.383 e. The lowest BCUT2D eigenvalue weighted by atomic mass is 9.90. The summed E-state index contributed by atoms with van der Waals surface area (Å²) in [6.45, 7) is 7.01. The molecular weight excluding hydrogens is 394 g/mol. The first-order valence-corrected chi connectivity index (χ1v) is 10.8. The standard InChI is InChI=1S/C23H23N5OS/c1-4-27(5-2)22(29)19-14(3)26-23-28(21(25)18(13-24)30-23)20(19)17-12-8-10-15-9-6-7-11-16(15)17/h6-12,20H,4-5,25H2,1-3H3/t20-/m0/s1. The quantitative estimate of drug-likeness (QED) is 0.810. The maximum Gasteiger partial charge on any atom is 0.254 e. The smallest absolute Gasteiger partial charge is 0.254 e. The zero-order valence-corrected chi connectivity index (χ0v) is 18.0. The number of carbonyl (C=O) groups is 1. The number of amidine groups is 1. The second-order valence-electron chi connectivity index (χ2n) is 7.14. The number of thioether (sulfide) groups is 1. The van der Waals surface area contributed by atoms with E-state index in [4.69, 9.17) is 5.73 Å². The van der Waals surface area contributed by atoms with E-state index in [2.05, 4.69) is 29.3 Å². The monoisotopic (exact) mass is 417 g/mol. The zero-order chi connectivity index (χ0) is 21.4. The predicted molar refractivity (Wildman–Crippen MR) is 121 cm³/mol. The van der Waals surface area contributed by atoms with Crippen LogP contribution in [-0.4, -0.2) is 34.0 Å². The molecule has 4 rings (SSSR count). The van der Waals surface area contributed by atoms with Gasteiger partial charge in [0.15, 0.2) is 5.17 Å². The van der Waals surface area contributed by atoms with Crippen molar-refractivity contribution < 1.29 is 4.79 Å². The summed E-state index contributed by atoms with van der Waals surface area (Å²) in [6.07, 6.45) is 0. The van der Waals surface area contributed by atoms with Crippen LogP contribution in [0.2, 0.25) is 0 Å². The Morgan fingerprint density at radius 3 is 2.63 bits per heavy atom. The molecule has 7 heteroatoms. The van der Waals surface area contributed by atoms with Gasteiger partial charge in [-0.25, -0.2) is 4.99 Å². The summed E-state index contributed by atoms with van der Waals surface area (Å²) in [4.78, 5) is 22.3. The molecule has 0 bridgehead atoms. The number of fused-ring (bicyclic) bond motifs is 2. The van der Waals surface area contributed by atoms with Crippen LogP contribution in [0.4, 0.5) is 0 Å². The van der Waals surface area contributed by atoms with Gasteiger partial charge in [-0.3, -0.25) is 9.69 Å². The third-order valence-electron chi connectivity index (χ3n) is 5.58. The second-order valence-corrected chi connectivity index (χ2v) is 8.12. The molecule has 1 atom stereocenters. The van der Waals surface area contributed by atoms with Crippen LogP contribution >= 0.6 is 11.8 Å². The van der Waals surface area contributed by atoms with Crippen LogP contribution in [0.25, 0.3) is 10.8 Å². The molecule has 2 N–H and O–H groups in total. The number of aliphatic imine (C=N–C) groups is 1. The number of hydrogen-bond donors (Lipinski definition) is 1. The lowest BCUT2D eigenvalue weighted by Gasteiger charge is -2.37. The molecule has 6 nitrogen and oxygen atoms in total. The van der Waals surface area contributed by atoms with Crippen molar-refractivity contribution in [3.8, 4) is 6.07 Å². The van der Waals surface area contributed by atoms with Gasteiger partial charge in [-0.2, -0.15) is 5.26 Å². The molecule has 0 unspecified atom stereocenters. The summed E-state index contributed by atoms with van der Waals surface area (Å²) in [6, 6.07) is 15.9. The van der Waals surface area contributed by atoms with Gasteiger partial charge in [0.2, 0.25) is 0 Å². The molecule has 0 saturated carbocycles. The van der Waals surface area contributed by atoms with E-state index in [1.807, 2.05) is 49.9 Å². The number of hydrogen-bond acceptors (Lipinski definition) is 6. The number of nitrogens with zero attached hydrogens (tertiary/aromatic N) is 4. The Hall–Kier alpha value is -3.24. The fourth-order valence-corrected chi connectivity index (χ4v) is 4.99. The van der Waals surface area contributed by atoms with E-state index < -0.39 is 6.04 Å². The lowest BCUT2D eigenvalue weighted by molar-refractivity contribution is -0.127. The van der Waals surface area contributed by atoms with Gasteiger partial charge in [-0.15, -0.1) is 0 Å². The van der Waals surface area contributed by atoms with Crippen LogP contribution < -0.4 is 5.73 Å². The maximum absolute atomic E-state index is 13.6. The first kappa shape index (κ1) is 20.0. The molecule has 30 heavy (non-hydrogen) atoms. The molecule has 1 amide bonds. The van der Waals surface area contributed by atoms with Crippen molar-refractivity contribution in [2.75, 3.05) is 13.1 Å². The molecular formula is C23H23N5OS. The van der Waals surface area contributed by atoms with Gasteiger partial charge in [0.1, 0.15) is 16.8 Å². The van der Waals surface area contributed by atoms with E-state index in [1.165, 1.54) is 11.8 Å². The summed E-state index contributed by atoms with van der Waals surface area (Å²) in [5.41, 5.74) is 8.63. The average Bonchev–Trinajstić information content (AvgIpc) is 3.08. The minimum absolute atomic E-state index is 0.0542. The SMILES string of the molecule is CCN(CC)C(=O)C1=C(C)N=C2SC(C#N)=C(N)N2[C@H]1c1cccc2ccccc12. The van der Waals surface area contributed by atoms with Gasteiger partial charge < -0.3 is 10.6 Å². The fraction of sp³-hybridized carbons (Fsp3) is 0.261. The Kier molecular flexibility index (Phi) is 5.27. The fourth-order valence-electron chi connectivity index (χ4n) is 4.08. The number of allylic oxidation sites excluding steroid dienone is 2. The van der Waals surface area contributed by atoms with Crippen molar-refractivity contribution in [2.45, 2.75) is 26.8 Å². The van der Waals surface area contributed by atoms with Gasteiger partial charge in [0, 0.05) is 13.1 Å². The van der Waals surface area contributed by atoms with Crippen molar-refractivity contribution >= 4 is 33.6 Å². The van der Waals surface area contributed by atoms with E-state index in [1.54, 1.807) is 4.90 Å². The Balaban J connectivity index is 1.99. The maximum atomic E-state index is 13.6. The third-order valence-corrected chi connectivity index (χ3v) is 6.55. The van der Waals surface area contributed by atoms with Crippen LogP contribution in [0.15, 0.2) is 69.5 Å². The average molecular weight is 418 g/mol. The Morgan fingerprint density at radius 2 is 1.93 bits per heavy atom. The number of nitriles is 1. The summed E-state index contributed by atoms with van der Waals surface area (Å²) >= 11 is 1.25. The molecule has 0 aliphatic carbocycles. The highest BCUT2D eigenvalue weighted by molar-refractivity contribution is 8.17. The van der Waals surface area contributed by atoms with Crippen molar-refractivity contribution in [3.05, 3.63) is 70.0 Å². The van der Waals surface area contributed by atoms with Gasteiger partial charge in [0.05, 0.1) is 17.3 Å². The number of likely N-dealkylation sites (N-methyl/N-ethyl adjacent to an activating group) is 1. The van der Waals surface area contributed by atoms with Crippen LogP contribution in [0, 0.1) is 11.3 Å². The molecule has 0 fully saturated rings. The molecule has 2 aromatic carbocycles. The van der Waals surface area contributed by atoms with E-state index in [0.717, 1.165) is 16.3 Å². The molecule has 2 aliphatic rings. The highest BCUT2D eigenvalue weighted by Gasteiger charge is 2.43. The molecule has 2 aliphatic heterocycles. The third kappa shape index (κ3) is 3.04. The first-order chi connectivity index (χ1) is 14.5. The molecule has 2 heterocycles. The Labute approximate surface area is 180 Å². The van der Waals surface area contributed by atoms with Gasteiger partial charge in [0.25, 0.3) is 5.91 Å². The number of nitrogens with two attached hydrogens (primary N) is 1. The Morgan fingerprint density at radius 1 is 1.23 bits per heavy atom. The molecule has 0 saturated heterocycles. The first-order valence-electron chi connectivity index (χ1n) is 9.95. The Bertz CT molecular complexity index is 1160. The zero-order valence-electron chi connectivity index (χ0n) is 17.2. The normalized spacial score (nSPS) is 18.4. The topological polar surface area (TPSA) is 85.7 Å². The van der Waals surface area contributed by atoms with Crippen molar-refractivity contribution in [1.29, 1.82) is 5.26 Å². The molecule has 0 radical (unpaired) electrons. The molecule has 152 valence electrons.